The van der Waals surface area contributed by atoms with Crippen LogP contribution in [0.3, 0.4) is 0 Å². The van der Waals surface area contributed by atoms with Gasteiger partial charge in [0.15, 0.2) is 0 Å². The number of hydrogen-bond acceptors (Lipinski definition) is 3. The van der Waals surface area contributed by atoms with Crippen LogP contribution in [-0.4, -0.2) is 30.0 Å². The van der Waals surface area contributed by atoms with E-state index in [0.717, 1.165) is 22.1 Å². The summed E-state index contributed by atoms with van der Waals surface area (Å²) in [7, 11) is 0. The van der Waals surface area contributed by atoms with E-state index in [1.807, 2.05) is 72.8 Å². The van der Waals surface area contributed by atoms with E-state index in [2.05, 4.69) is 5.32 Å². The number of rotatable bonds is 6. The van der Waals surface area contributed by atoms with Gasteiger partial charge in [0.25, 0.3) is 5.91 Å². The first-order chi connectivity index (χ1) is 13.6. The number of amides is 3. The Morgan fingerprint density at radius 3 is 2.46 bits per heavy atom. The number of hydrogen-bond donors (Lipinski definition) is 1. The number of benzene rings is 3. The highest BCUT2D eigenvalue weighted by Crippen LogP contribution is 2.33. The van der Waals surface area contributed by atoms with Gasteiger partial charge in [0.05, 0.1) is 6.61 Å². The predicted octanol–water partition coefficient (Wildman–Crippen LogP) is 4.08. The van der Waals surface area contributed by atoms with Crippen molar-refractivity contribution in [3.63, 3.8) is 0 Å². The van der Waals surface area contributed by atoms with E-state index in [1.165, 1.54) is 4.90 Å². The smallest absolute Gasteiger partial charge is 0.325 e. The van der Waals surface area contributed by atoms with E-state index in [9.17, 15) is 9.59 Å². The molecule has 1 saturated heterocycles. The van der Waals surface area contributed by atoms with Crippen molar-refractivity contribution in [3.8, 4) is 5.75 Å². The molecular formula is C23H22N2O3. The average Bonchev–Trinajstić information content (AvgIpc) is 2.95. The fraction of sp³-hybridized carbons (Fsp3) is 0.217. The zero-order chi connectivity index (χ0) is 19.6. The molecule has 1 fully saturated rings. The van der Waals surface area contributed by atoms with Gasteiger partial charge in [-0.15, -0.1) is 0 Å². The number of carbonyl (C=O) groups is 2. The summed E-state index contributed by atoms with van der Waals surface area (Å²) in [5.41, 5.74) is -0.259. The van der Waals surface area contributed by atoms with Crippen LogP contribution >= 0.6 is 0 Å². The minimum Gasteiger partial charge on any atom is -0.494 e. The van der Waals surface area contributed by atoms with Gasteiger partial charge in [-0.1, -0.05) is 60.7 Å². The molecule has 0 bridgehead atoms. The van der Waals surface area contributed by atoms with Crippen LogP contribution in [-0.2, 0) is 10.3 Å². The number of nitrogens with zero attached hydrogens (tertiary/aromatic N) is 1. The summed E-state index contributed by atoms with van der Waals surface area (Å²) >= 11 is 0. The minimum absolute atomic E-state index is 0.228. The maximum absolute atomic E-state index is 13.1. The Hall–Kier alpha value is -3.34. The molecule has 4 rings (SSSR count). The molecule has 1 aliphatic heterocycles. The van der Waals surface area contributed by atoms with Crippen LogP contribution in [0.5, 0.6) is 5.75 Å². The molecule has 0 radical (unpaired) electrons. The van der Waals surface area contributed by atoms with Gasteiger partial charge < -0.3 is 10.1 Å². The normalized spacial score (nSPS) is 19.1. The fourth-order valence-corrected chi connectivity index (χ4v) is 3.67. The van der Waals surface area contributed by atoms with E-state index in [0.29, 0.717) is 19.6 Å². The van der Waals surface area contributed by atoms with Crippen molar-refractivity contribution in [1.82, 2.24) is 10.2 Å². The number of imide groups is 1. The van der Waals surface area contributed by atoms with E-state index >= 15 is 0 Å². The molecule has 0 aromatic heterocycles. The van der Waals surface area contributed by atoms with Gasteiger partial charge in [-0.25, -0.2) is 4.79 Å². The molecule has 0 spiro atoms. The lowest BCUT2D eigenvalue weighted by atomic mass is 9.88. The standard InChI is InChI=1S/C23H22N2O3/c1-23(20-14-7-10-17-9-5-6-13-19(17)20)21(26)25(22(27)24-23)15-8-16-28-18-11-3-2-4-12-18/h2-7,9-14H,8,15-16H2,1H3,(H,24,27)/t23-/m1/s1. The second-order valence-electron chi connectivity index (χ2n) is 7.05. The maximum atomic E-state index is 13.1. The largest absolute Gasteiger partial charge is 0.494 e. The van der Waals surface area contributed by atoms with Crippen molar-refractivity contribution in [2.45, 2.75) is 18.9 Å². The minimum atomic E-state index is -1.07. The predicted molar refractivity (Wildman–Crippen MR) is 108 cm³/mol. The second kappa shape index (κ2) is 7.35. The zero-order valence-corrected chi connectivity index (χ0v) is 15.7. The molecular weight excluding hydrogens is 352 g/mol. The summed E-state index contributed by atoms with van der Waals surface area (Å²) in [5.74, 6) is 0.550. The average molecular weight is 374 g/mol. The van der Waals surface area contributed by atoms with Gasteiger partial charge in [-0.05, 0) is 41.8 Å². The van der Waals surface area contributed by atoms with Crippen LogP contribution in [0.4, 0.5) is 4.79 Å². The summed E-state index contributed by atoms with van der Waals surface area (Å²) in [6.07, 6.45) is 0.569. The molecule has 1 heterocycles. The van der Waals surface area contributed by atoms with Crippen LogP contribution in [0.15, 0.2) is 72.8 Å². The Labute approximate surface area is 163 Å². The molecule has 0 unspecified atom stereocenters. The molecule has 5 nitrogen and oxygen atoms in total. The lowest BCUT2D eigenvalue weighted by Gasteiger charge is -2.24. The van der Waals surface area contributed by atoms with Gasteiger partial charge in [0, 0.05) is 6.54 Å². The third-order valence-electron chi connectivity index (χ3n) is 5.14. The van der Waals surface area contributed by atoms with Crippen LogP contribution in [0.2, 0.25) is 0 Å². The number of nitrogens with one attached hydrogen (secondary N) is 1. The Balaban J connectivity index is 1.48. The Morgan fingerprint density at radius 1 is 0.929 bits per heavy atom. The van der Waals surface area contributed by atoms with Gasteiger partial charge in [-0.2, -0.15) is 0 Å². The Bertz CT molecular complexity index is 1010. The van der Waals surface area contributed by atoms with Crippen molar-refractivity contribution in [1.29, 1.82) is 0 Å². The molecule has 0 aliphatic carbocycles. The quantitative estimate of drug-likeness (QED) is 0.523. The van der Waals surface area contributed by atoms with Gasteiger partial charge >= 0.3 is 6.03 Å². The summed E-state index contributed by atoms with van der Waals surface area (Å²) in [5, 5.41) is 4.90. The molecule has 1 atom stereocenters. The highest BCUT2D eigenvalue weighted by Gasteiger charge is 2.49. The number of ether oxygens (including phenoxy) is 1. The Kier molecular flexibility index (Phi) is 4.74. The number of urea groups is 1. The topological polar surface area (TPSA) is 58.6 Å². The summed E-state index contributed by atoms with van der Waals surface area (Å²) in [6.45, 7) is 2.53. The molecule has 1 aliphatic rings. The van der Waals surface area contributed by atoms with Crippen LogP contribution in [0, 0.1) is 0 Å². The number of para-hydroxylation sites is 1. The van der Waals surface area contributed by atoms with Crippen LogP contribution in [0.1, 0.15) is 18.9 Å². The van der Waals surface area contributed by atoms with E-state index in [4.69, 9.17) is 4.74 Å². The third kappa shape index (κ3) is 3.20. The fourth-order valence-electron chi connectivity index (χ4n) is 3.67. The van der Waals surface area contributed by atoms with Crippen molar-refractivity contribution in [3.05, 3.63) is 78.4 Å². The van der Waals surface area contributed by atoms with Gasteiger partial charge in [0.2, 0.25) is 0 Å². The van der Waals surface area contributed by atoms with Crippen molar-refractivity contribution in [2.75, 3.05) is 13.2 Å². The van der Waals surface area contributed by atoms with Gasteiger partial charge in [-0.3, -0.25) is 9.69 Å². The molecule has 5 heteroatoms. The molecule has 3 aromatic rings. The van der Waals surface area contributed by atoms with Crippen LogP contribution in [0.25, 0.3) is 10.8 Å². The molecule has 142 valence electrons. The van der Waals surface area contributed by atoms with E-state index in [1.54, 1.807) is 6.92 Å². The van der Waals surface area contributed by atoms with E-state index in [-0.39, 0.29) is 11.9 Å². The summed E-state index contributed by atoms with van der Waals surface area (Å²) < 4.78 is 5.66. The number of carbonyl (C=O) groups excluding carboxylic acids is 2. The maximum Gasteiger partial charge on any atom is 0.325 e. The molecule has 0 saturated carbocycles. The molecule has 28 heavy (non-hydrogen) atoms. The molecule has 3 amide bonds. The van der Waals surface area contributed by atoms with Gasteiger partial charge in [0.1, 0.15) is 11.3 Å². The Morgan fingerprint density at radius 2 is 1.64 bits per heavy atom. The third-order valence-corrected chi connectivity index (χ3v) is 5.14. The lowest BCUT2D eigenvalue weighted by Crippen LogP contribution is -2.41. The monoisotopic (exact) mass is 374 g/mol. The number of fused-ring (bicyclic) bond motifs is 1. The summed E-state index contributed by atoms with van der Waals surface area (Å²) in [6, 6.07) is 22.8. The van der Waals surface area contributed by atoms with E-state index < -0.39 is 5.54 Å². The summed E-state index contributed by atoms with van der Waals surface area (Å²) in [4.78, 5) is 27.0. The molecule has 3 aromatic carbocycles. The van der Waals surface area contributed by atoms with Crippen molar-refractivity contribution >= 4 is 22.7 Å². The second-order valence-corrected chi connectivity index (χ2v) is 7.05. The molecule has 1 N–H and O–H groups in total. The zero-order valence-electron chi connectivity index (χ0n) is 15.7. The first-order valence-electron chi connectivity index (χ1n) is 9.40. The first kappa shape index (κ1) is 18.0. The SMILES string of the molecule is C[C@]1(c2cccc3ccccc23)NC(=O)N(CCCOc2ccccc2)C1=O. The highest BCUT2D eigenvalue weighted by molar-refractivity contribution is 6.09. The van der Waals surface area contributed by atoms with Crippen molar-refractivity contribution < 1.29 is 14.3 Å². The van der Waals surface area contributed by atoms with Crippen molar-refractivity contribution in [2.24, 2.45) is 0 Å². The lowest BCUT2D eigenvalue weighted by molar-refractivity contribution is -0.131. The highest BCUT2D eigenvalue weighted by atomic mass is 16.5. The first-order valence-corrected chi connectivity index (χ1v) is 9.40. The van der Waals surface area contributed by atoms with Crippen LogP contribution < -0.4 is 10.1 Å².